The molecular formula is C14H19N3O3. The predicted molar refractivity (Wildman–Crippen MR) is 74.7 cm³/mol. The number of benzene rings is 1. The summed E-state index contributed by atoms with van der Waals surface area (Å²) >= 11 is 0. The van der Waals surface area contributed by atoms with Crippen molar-refractivity contribution in [1.29, 1.82) is 0 Å². The van der Waals surface area contributed by atoms with Crippen LogP contribution < -0.4 is 15.2 Å². The summed E-state index contributed by atoms with van der Waals surface area (Å²) in [7, 11) is 3.16. The number of ether oxygens (including phenoxy) is 2. The molecule has 0 spiro atoms. The van der Waals surface area contributed by atoms with Crippen molar-refractivity contribution < 1.29 is 14.0 Å². The minimum atomic E-state index is -0.628. The van der Waals surface area contributed by atoms with Crippen LogP contribution in [0.5, 0.6) is 11.5 Å². The van der Waals surface area contributed by atoms with Crippen molar-refractivity contribution in [1.82, 2.24) is 10.1 Å². The molecule has 0 saturated heterocycles. The lowest BCUT2D eigenvalue weighted by Crippen LogP contribution is -2.33. The molecule has 2 aromatic rings. The van der Waals surface area contributed by atoms with Gasteiger partial charge in [0.2, 0.25) is 0 Å². The van der Waals surface area contributed by atoms with E-state index in [0.717, 1.165) is 0 Å². The first kappa shape index (κ1) is 14.3. The summed E-state index contributed by atoms with van der Waals surface area (Å²) in [5, 5.41) is 3.96. The number of rotatable bonds is 5. The first-order chi connectivity index (χ1) is 9.53. The van der Waals surface area contributed by atoms with Crippen LogP contribution >= 0.6 is 0 Å². The predicted octanol–water partition coefficient (Wildman–Crippen LogP) is 2.34. The second-order valence-corrected chi connectivity index (χ2v) is 4.73. The Hall–Kier alpha value is -2.08. The molecule has 1 aromatic carbocycles. The first-order valence-corrected chi connectivity index (χ1v) is 6.38. The molecule has 108 valence electrons. The van der Waals surface area contributed by atoms with Crippen LogP contribution in [0.4, 0.5) is 0 Å². The highest BCUT2D eigenvalue weighted by atomic mass is 16.5. The van der Waals surface area contributed by atoms with Crippen LogP contribution in [0.25, 0.3) is 11.5 Å². The highest BCUT2D eigenvalue weighted by molar-refractivity contribution is 5.70. The molecule has 6 heteroatoms. The van der Waals surface area contributed by atoms with Crippen LogP contribution in [-0.2, 0) is 5.54 Å². The fourth-order valence-electron chi connectivity index (χ4n) is 1.78. The van der Waals surface area contributed by atoms with Gasteiger partial charge in [-0.05, 0) is 25.5 Å². The fraction of sp³-hybridized carbons (Fsp3) is 0.429. The Morgan fingerprint density at radius 2 is 1.85 bits per heavy atom. The van der Waals surface area contributed by atoms with Gasteiger partial charge in [-0.15, -0.1) is 0 Å². The third kappa shape index (κ3) is 2.46. The molecular weight excluding hydrogens is 258 g/mol. The molecule has 0 saturated carbocycles. The number of hydrogen-bond donors (Lipinski definition) is 1. The van der Waals surface area contributed by atoms with E-state index in [-0.39, 0.29) is 0 Å². The van der Waals surface area contributed by atoms with Gasteiger partial charge in [-0.1, -0.05) is 18.1 Å². The van der Waals surface area contributed by atoms with E-state index in [2.05, 4.69) is 10.1 Å². The van der Waals surface area contributed by atoms with Gasteiger partial charge >= 0.3 is 0 Å². The van der Waals surface area contributed by atoms with Crippen molar-refractivity contribution in [3.63, 3.8) is 0 Å². The van der Waals surface area contributed by atoms with Crippen molar-refractivity contribution >= 4 is 0 Å². The van der Waals surface area contributed by atoms with Gasteiger partial charge in [0.15, 0.2) is 5.82 Å². The zero-order chi connectivity index (χ0) is 14.8. The van der Waals surface area contributed by atoms with Gasteiger partial charge < -0.3 is 19.7 Å². The SMILES string of the molecule is CCC(C)(N)c1noc(-c2c(OC)cccc2OC)n1. The van der Waals surface area contributed by atoms with Crippen LogP contribution in [0.1, 0.15) is 26.1 Å². The molecule has 2 N–H and O–H groups in total. The molecule has 1 heterocycles. The number of hydrogen-bond acceptors (Lipinski definition) is 6. The van der Waals surface area contributed by atoms with Crippen LogP contribution in [0.3, 0.4) is 0 Å². The summed E-state index contributed by atoms with van der Waals surface area (Å²) in [5.74, 6) is 2.01. The van der Waals surface area contributed by atoms with E-state index in [9.17, 15) is 0 Å². The summed E-state index contributed by atoms with van der Waals surface area (Å²) < 4.78 is 16.0. The summed E-state index contributed by atoms with van der Waals surface area (Å²) in [6.45, 7) is 3.83. The summed E-state index contributed by atoms with van der Waals surface area (Å²) in [5.41, 5.74) is 6.12. The third-order valence-corrected chi connectivity index (χ3v) is 3.31. The molecule has 1 unspecified atom stereocenters. The lowest BCUT2D eigenvalue weighted by atomic mass is 10.00. The van der Waals surface area contributed by atoms with Crippen LogP contribution in [-0.4, -0.2) is 24.4 Å². The second kappa shape index (κ2) is 5.50. The highest BCUT2D eigenvalue weighted by Gasteiger charge is 2.27. The van der Waals surface area contributed by atoms with Gasteiger partial charge in [-0.25, -0.2) is 0 Å². The Bertz CT molecular complexity index is 571. The minimum Gasteiger partial charge on any atom is -0.496 e. The number of nitrogens with two attached hydrogens (primary N) is 1. The Kier molecular flexibility index (Phi) is 3.94. The quantitative estimate of drug-likeness (QED) is 0.903. The Morgan fingerprint density at radius 3 is 2.35 bits per heavy atom. The van der Waals surface area contributed by atoms with Gasteiger partial charge in [0, 0.05) is 0 Å². The molecule has 1 atom stereocenters. The molecule has 1 aromatic heterocycles. The van der Waals surface area contributed by atoms with Gasteiger partial charge in [0.1, 0.15) is 17.1 Å². The lowest BCUT2D eigenvalue weighted by molar-refractivity contribution is 0.370. The molecule has 0 bridgehead atoms. The molecule has 6 nitrogen and oxygen atoms in total. The van der Waals surface area contributed by atoms with E-state index in [4.69, 9.17) is 19.7 Å². The molecule has 0 radical (unpaired) electrons. The molecule has 0 aliphatic heterocycles. The maximum absolute atomic E-state index is 6.12. The van der Waals surface area contributed by atoms with Crippen molar-refractivity contribution in [2.24, 2.45) is 5.73 Å². The maximum Gasteiger partial charge on any atom is 0.265 e. The van der Waals surface area contributed by atoms with E-state index in [1.807, 2.05) is 32.0 Å². The molecule has 0 amide bonds. The largest absolute Gasteiger partial charge is 0.496 e. The Labute approximate surface area is 117 Å². The van der Waals surface area contributed by atoms with E-state index < -0.39 is 5.54 Å². The van der Waals surface area contributed by atoms with Crippen molar-refractivity contribution in [3.05, 3.63) is 24.0 Å². The van der Waals surface area contributed by atoms with Gasteiger partial charge in [-0.2, -0.15) is 4.98 Å². The van der Waals surface area contributed by atoms with Crippen molar-refractivity contribution in [3.8, 4) is 23.0 Å². The van der Waals surface area contributed by atoms with E-state index in [0.29, 0.717) is 35.2 Å². The number of methoxy groups -OCH3 is 2. The zero-order valence-corrected chi connectivity index (χ0v) is 12.1. The number of aromatic nitrogens is 2. The van der Waals surface area contributed by atoms with Crippen molar-refractivity contribution in [2.45, 2.75) is 25.8 Å². The van der Waals surface area contributed by atoms with Gasteiger partial charge in [0.25, 0.3) is 5.89 Å². The highest BCUT2D eigenvalue weighted by Crippen LogP contribution is 2.37. The third-order valence-electron chi connectivity index (χ3n) is 3.31. The monoisotopic (exact) mass is 277 g/mol. The summed E-state index contributed by atoms with van der Waals surface area (Å²) in [4.78, 5) is 4.38. The van der Waals surface area contributed by atoms with Crippen LogP contribution in [0.2, 0.25) is 0 Å². The van der Waals surface area contributed by atoms with E-state index >= 15 is 0 Å². The fourth-order valence-corrected chi connectivity index (χ4v) is 1.78. The standard InChI is InChI=1S/C14H19N3O3/c1-5-14(2,15)13-16-12(20-17-13)11-9(18-3)7-6-8-10(11)19-4/h6-8H,5,15H2,1-4H3. The molecule has 0 fully saturated rings. The first-order valence-electron chi connectivity index (χ1n) is 6.38. The van der Waals surface area contributed by atoms with E-state index in [1.54, 1.807) is 14.2 Å². The second-order valence-electron chi connectivity index (χ2n) is 4.73. The Balaban J connectivity index is 2.52. The molecule has 0 aliphatic carbocycles. The average Bonchev–Trinajstić information content (AvgIpc) is 2.96. The van der Waals surface area contributed by atoms with E-state index in [1.165, 1.54) is 0 Å². The lowest BCUT2D eigenvalue weighted by Gasteiger charge is -2.16. The number of nitrogens with zero attached hydrogens (tertiary/aromatic N) is 2. The minimum absolute atomic E-state index is 0.333. The molecule has 2 rings (SSSR count). The van der Waals surface area contributed by atoms with Crippen LogP contribution in [0.15, 0.2) is 22.7 Å². The van der Waals surface area contributed by atoms with Crippen molar-refractivity contribution in [2.75, 3.05) is 14.2 Å². The average molecular weight is 277 g/mol. The molecule has 20 heavy (non-hydrogen) atoms. The Morgan fingerprint density at radius 1 is 1.25 bits per heavy atom. The normalized spacial score (nSPS) is 13.8. The van der Waals surface area contributed by atoms with Crippen LogP contribution in [0, 0.1) is 0 Å². The summed E-state index contributed by atoms with van der Waals surface area (Å²) in [6.07, 6.45) is 0.703. The van der Waals surface area contributed by atoms with Gasteiger partial charge in [-0.3, -0.25) is 0 Å². The molecule has 0 aliphatic rings. The topological polar surface area (TPSA) is 83.4 Å². The zero-order valence-electron chi connectivity index (χ0n) is 12.1. The van der Waals surface area contributed by atoms with Gasteiger partial charge in [0.05, 0.1) is 19.8 Å². The maximum atomic E-state index is 6.12. The smallest absolute Gasteiger partial charge is 0.265 e. The summed E-state index contributed by atoms with van der Waals surface area (Å²) in [6, 6.07) is 5.45.